The lowest BCUT2D eigenvalue weighted by Crippen LogP contribution is -2.39. The Bertz CT molecular complexity index is 1630. The number of halogens is 3. The maximum absolute atomic E-state index is 14.2. The van der Waals surface area contributed by atoms with Crippen LogP contribution in [0.15, 0.2) is 60.0 Å². The van der Waals surface area contributed by atoms with Crippen LogP contribution in [-0.2, 0) is 11.8 Å². The quantitative estimate of drug-likeness (QED) is 0.445. The molecule has 0 bridgehead atoms. The van der Waals surface area contributed by atoms with Gasteiger partial charge >= 0.3 is 6.18 Å². The molecule has 1 atom stereocenters. The molecule has 204 valence electrons. The smallest absolute Gasteiger partial charge is 0.370 e. The van der Waals surface area contributed by atoms with Crippen LogP contribution < -0.4 is 10.2 Å². The third kappa shape index (κ3) is 4.33. The highest BCUT2D eigenvalue weighted by Crippen LogP contribution is 2.52. The van der Waals surface area contributed by atoms with Gasteiger partial charge in [-0.2, -0.15) is 18.4 Å². The summed E-state index contributed by atoms with van der Waals surface area (Å²) in [6.45, 7) is 1.64. The molecule has 1 aliphatic heterocycles. The van der Waals surface area contributed by atoms with E-state index >= 15 is 0 Å². The monoisotopic (exact) mass is 545 g/mol. The van der Waals surface area contributed by atoms with E-state index in [1.165, 1.54) is 17.1 Å². The Hall–Kier alpha value is -4.46. The molecule has 40 heavy (non-hydrogen) atoms. The van der Waals surface area contributed by atoms with Crippen LogP contribution in [0.5, 0.6) is 0 Å². The number of amides is 1. The SMILES string of the molecule is Cn1cnnc1-c1ccc(C#N)cc1-c1cc(NCC2CC2)nc(N2CC3=C(C=CCC3(C)C(F)(F)F)C2=O)c1. The van der Waals surface area contributed by atoms with Gasteiger partial charge in [-0.15, -0.1) is 10.2 Å². The van der Waals surface area contributed by atoms with Gasteiger partial charge in [0.05, 0.1) is 23.6 Å². The molecule has 3 aromatic rings. The molecule has 1 saturated carbocycles. The molecule has 1 amide bonds. The highest BCUT2D eigenvalue weighted by Gasteiger charge is 2.57. The fraction of sp³-hybridized carbons (Fsp3) is 0.345. The molecule has 1 unspecified atom stereocenters. The zero-order valence-corrected chi connectivity index (χ0v) is 22.0. The Morgan fingerprint density at radius 3 is 2.67 bits per heavy atom. The zero-order valence-electron chi connectivity index (χ0n) is 22.0. The molecule has 3 heterocycles. The van der Waals surface area contributed by atoms with Crippen molar-refractivity contribution < 1.29 is 18.0 Å². The Kier molecular flexibility index (Phi) is 6.02. The first-order valence-electron chi connectivity index (χ1n) is 13.0. The van der Waals surface area contributed by atoms with E-state index in [9.17, 15) is 23.2 Å². The minimum Gasteiger partial charge on any atom is -0.370 e. The summed E-state index contributed by atoms with van der Waals surface area (Å²) < 4.78 is 44.3. The van der Waals surface area contributed by atoms with Gasteiger partial charge in [0.15, 0.2) is 5.82 Å². The van der Waals surface area contributed by atoms with Crippen molar-refractivity contribution in [2.75, 3.05) is 23.3 Å². The molecule has 0 radical (unpaired) electrons. The van der Waals surface area contributed by atoms with Crippen molar-refractivity contribution in [1.29, 1.82) is 5.26 Å². The number of nitrogens with one attached hydrogen (secondary N) is 1. The molecule has 1 aromatic carbocycles. The van der Waals surface area contributed by atoms with E-state index < -0.39 is 17.5 Å². The minimum atomic E-state index is -4.51. The lowest BCUT2D eigenvalue weighted by molar-refractivity contribution is -0.203. The first kappa shape index (κ1) is 25.8. The highest BCUT2D eigenvalue weighted by atomic mass is 19.4. The van der Waals surface area contributed by atoms with Crippen LogP contribution in [0.2, 0.25) is 0 Å². The lowest BCUT2D eigenvalue weighted by atomic mass is 9.74. The van der Waals surface area contributed by atoms with Gasteiger partial charge < -0.3 is 9.88 Å². The number of rotatable bonds is 6. The number of nitriles is 1. The molecule has 11 heteroatoms. The van der Waals surface area contributed by atoms with Crippen molar-refractivity contribution in [3.05, 3.63) is 65.5 Å². The first-order valence-corrected chi connectivity index (χ1v) is 13.0. The van der Waals surface area contributed by atoms with Crippen molar-refractivity contribution in [3.63, 3.8) is 0 Å². The summed E-state index contributed by atoms with van der Waals surface area (Å²) in [5, 5.41) is 21.2. The number of pyridine rings is 1. The number of hydrogen-bond donors (Lipinski definition) is 1. The maximum atomic E-state index is 14.2. The molecule has 2 aliphatic carbocycles. The largest absolute Gasteiger partial charge is 0.398 e. The number of carbonyl (C=O) groups excluding carboxylic acids is 1. The van der Waals surface area contributed by atoms with Crippen LogP contribution in [-0.4, -0.2) is 44.9 Å². The van der Waals surface area contributed by atoms with E-state index in [4.69, 9.17) is 0 Å². The summed E-state index contributed by atoms with van der Waals surface area (Å²) in [6.07, 6.45) is 1.98. The van der Waals surface area contributed by atoms with Crippen LogP contribution in [0.1, 0.15) is 31.7 Å². The van der Waals surface area contributed by atoms with Crippen LogP contribution in [0.3, 0.4) is 0 Å². The maximum Gasteiger partial charge on any atom is 0.398 e. The summed E-state index contributed by atoms with van der Waals surface area (Å²) >= 11 is 0. The van der Waals surface area contributed by atoms with Gasteiger partial charge in [0.25, 0.3) is 5.91 Å². The van der Waals surface area contributed by atoms with Crippen molar-refractivity contribution in [2.24, 2.45) is 18.4 Å². The average Bonchev–Trinajstić information content (AvgIpc) is 3.57. The van der Waals surface area contributed by atoms with E-state index in [0.29, 0.717) is 46.4 Å². The van der Waals surface area contributed by atoms with Crippen LogP contribution in [0, 0.1) is 22.7 Å². The molecule has 0 spiro atoms. The number of alkyl halides is 3. The summed E-state index contributed by atoms with van der Waals surface area (Å²) in [4.78, 5) is 19.5. The van der Waals surface area contributed by atoms with E-state index in [1.54, 1.807) is 35.2 Å². The summed E-state index contributed by atoms with van der Waals surface area (Å²) in [5.74, 6) is 1.33. The van der Waals surface area contributed by atoms with Gasteiger partial charge in [-0.25, -0.2) is 4.98 Å². The Morgan fingerprint density at radius 2 is 2.00 bits per heavy atom. The van der Waals surface area contributed by atoms with E-state index in [1.807, 2.05) is 13.1 Å². The Labute approximate surface area is 228 Å². The van der Waals surface area contributed by atoms with Crippen molar-refractivity contribution >= 4 is 17.5 Å². The van der Waals surface area contributed by atoms with Gasteiger partial charge in [0.2, 0.25) is 0 Å². The predicted molar refractivity (Wildman–Crippen MR) is 143 cm³/mol. The number of aryl methyl sites for hydroxylation is 1. The lowest BCUT2D eigenvalue weighted by Gasteiger charge is -2.34. The number of anilines is 2. The molecule has 2 aromatic heterocycles. The van der Waals surface area contributed by atoms with Crippen LogP contribution in [0.25, 0.3) is 22.5 Å². The second-order valence-corrected chi connectivity index (χ2v) is 10.8. The van der Waals surface area contributed by atoms with E-state index in [0.717, 1.165) is 19.8 Å². The Balaban J connectivity index is 1.47. The molecule has 8 nitrogen and oxygen atoms in total. The number of benzene rings is 1. The molecular weight excluding hydrogens is 519 g/mol. The molecule has 1 N–H and O–H groups in total. The van der Waals surface area contributed by atoms with Gasteiger partial charge in [-0.3, -0.25) is 9.69 Å². The van der Waals surface area contributed by atoms with E-state index in [2.05, 4.69) is 26.6 Å². The first-order chi connectivity index (χ1) is 19.1. The molecule has 1 fully saturated rings. The van der Waals surface area contributed by atoms with Gasteiger partial charge in [-0.05, 0) is 79.1 Å². The van der Waals surface area contributed by atoms with Crippen LogP contribution in [0.4, 0.5) is 24.8 Å². The minimum absolute atomic E-state index is 0.0541. The number of carbonyl (C=O) groups is 1. The molecule has 3 aliphatic rings. The zero-order chi connectivity index (χ0) is 28.2. The number of hydrogen-bond acceptors (Lipinski definition) is 6. The fourth-order valence-corrected chi connectivity index (χ4v) is 5.29. The van der Waals surface area contributed by atoms with Crippen molar-refractivity contribution in [3.8, 4) is 28.6 Å². The van der Waals surface area contributed by atoms with Crippen molar-refractivity contribution in [2.45, 2.75) is 32.4 Å². The van der Waals surface area contributed by atoms with Gasteiger partial charge in [0, 0.05) is 24.7 Å². The highest BCUT2D eigenvalue weighted by molar-refractivity contribution is 6.11. The third-order valence-corrected chi connectivity index (χ3v) is 7.99. The Morgan fingerprint density at radius 1 is 1.20 bits per heavy atom. The molecular formula is C29H26F3N7O. The third-order valence-electron chi connectivity index (χ3n) is 7.99. The standard InChI is InChI=1S/C29H26F3N7O/c1-28(29(30,31)32)9-3-4-21-23(28)15-39(27(21)40)25-12-19(11-24(36-25)34-14-17-5-6-17)22-10-18(13-33)7-8-20(22)26-37-35-16-38(26)2/h3-4,7-8,10-12,16-17H,5-6,9,14-15H2,1-2H3,(H,34,36). The summed E-state index contributed by atoms with van der Waals surface area (Å²) in [5.41, 5.74) is 0.429. The molecule has 6 rings (SSSR count). The fourth-order valence-electron chi connectivity index (χ4n) is 5.29. The predicted octanol–water partition coefficient (Wildman–Crippen LogP) is 5.41. The summed E-state index contributed by atoms with van der Waals surface area (Å²) in [6, 6.07) is 10.9. The van der Waals surface area contributed by atoms with Crippen LogP contribution >= 0.6 is 0 Å². The van der Waals surface area contributed by atoms with Crippen molar-refractivity contribution in [1.82, 2.24) is 19.7 Å². The topological polar surface area (TPSA) is 99.7 Å². The van der Waals surface area contributed by atoms with E-state index in [-0.39, 0.29) is 29.9 Å². The van der Waals surface area contributed by atoms with Gasteiger partial charge in [0.1, 0.15) is 18.0 Å². The second kappa shape index (κ2) is 9.33. The number of aromatic nitrogens is 4. The summed E-state index contributed by atoms with van der Waals surface area (Å²) in [7, 11) is 1.81. The second-order valence-electron chi connectivity index (χ2n) is 10.8. The number of allylic oxidation sites excluding steroid dienone is 1. The molecule has 0 saturated heterocycles. The number of nitrogens with zero attached hydrogens (tertiary/aromatic N) is 6. The average molecular weight is 546 g/mol. The normalized spacial score (nSPS) is 20.6. The van der Waals surface area contributed by atoms with Gasteiger partial charge in [-0.1, -0.05) is 12.2 Å².